The van der Waals surface area contributed by atoms with Gasteiger partial charge in [0.2, 0.25) is 5.91 Å². The zero-order valence-electron chi connectivity index (χ0n) is 15.5. The van der Waals surface area contributed by atoms with Gasteiger partial charge in [0.1, 0.15) is 5.82 Å². The lowest BCUT2D eigenvalue weighted by Crippen LogP contribution is -2.15. The summed E-state index contributed by atoms with van der Waals surface area (Å²) in [6.45, 7) is 2.05. The minimum Gasteiger partial charge on any atom is -0.325 e. The van der Waals surface area contributed by atoms with Gasteiger partial charge in [0.05, 0.1) is 17.3 Å². The van der Waals surface area contributed by atoms with E-state index in [-0.39, 0.29) is 29.1 Å². The number of nitrogens with one attached hydrogen (secondary N) is 1. The number of nitrogens with zero attached hydrogens (tertiary/aromatic N) is 3. The van der Waals surface area contributed by atoms with Gasteiger partial charge in [0.15, 0.2) is 15.0 Å². The van der Waals surface area contributed by atoms with Gasteiger partial charge in [-0.2, -0.15) is 0 Å². The van der Waals surface area contributed by atoms with Gasteiger partial charge in [0.25, 0.3) is 0 Å². The van der Waals surface area contributed by atoms with E-state index < -0.39 is 9.84 Å². The molecule has 1 aromatic carbocycles. The van der Waals surface area contributed by atoms with Crippen LogP contribution < -0.4 is 5.32 Å². The van der Waals surface area contributed by atoms with Crippen LogP contribution in [-0.4, -0.2) is 46.3 Å². The largest absolute Gasteiger partial charge is 0.325 e. The molecule has 27 heavy (non-hydrogen) atoms. The topological polar surface area (TPSA) is 94.0 Å². The third-order valence-electron chi connectivity index (χ3n) is 4.73. The molecular weight excluding hydrogens is 384 g/mol. The van der Waals surface area contributed by atoms with Gasteiger partial charge in [-0.1, -0.05) is 36.9 Å². The number of rotatable bonds is 7. The molecule has 1 aliphatic rings. The number of hydrogen-bond acceptors (Lipinski definition) is 6. The van der Waals surface area contributed by atoms with Crippen molar-refractivity contribution >= 4 is 33.2 Å². The van der Waals surface area contributed by atoms with Gasteiger partial charge in [-0.15, -0.1) is 10.2 Å². The molecule has 0 bridgehead atoms. The number of hydrogen-bond donors (Lipinski definition) is 1. The van der Waals surface area contributed by atoms with Crippen LogP contribution in [0.25, 0.3) is 0 Å². The zero-order chi connectivity index (χ0) is 19.4. The maximum Gasteiger partial charge on any atom is 0.234 e. The summed E-state index contributed by atoms with van der Waals surface area (Å²) in [6.07, 6.45) is 2.13. The lowest BCUT2D eigenvalue weighted by molar-refractivity contribution is -0.113. The summed E-state index contributed by atoms with van der Waals surface area (Å²) in [5, 5.41) is 11.9. The maximum atomic E-state index is 12.3. The molecule has 1 amide bonds. The average Bonchev–Trinajstić information content (AvgIpc) is 3.16. The Balaban J connectivity index is 1.55. The van der Waals surface area contributed by atoms with E-state index in [2.05, 4.69) is 22.4 Å². The fraction of sp³-hybridized carbons (Fsp3) is 0.500. The average molecular weight is 409 g/mol. The minimum atomic E-state index is -2.89. The van der Waals surface area contributed by atoms with Gasteiger partial charge in [-0.3, -0.25) is 4.79 Å². The summed E-state index contributed by atoms with van der Waals surface area (Å²) in [7, 11) is -1.04. The molecule has 3 rings (SSSR count). The second kappa shape index (κ2) is 8.43. The molecule has 146 valence electrons. The molecule has 1 fully saturated rings. The van der Waals surface area contributed by atoms with Gasteiger partial charge < -0.3 is 9.88 Å². The number of aryl methyl sites for hydroxylation is 1. The number of anilines is 1. The Labute approximate surface area is 163 Å². The quantitative estimate of drug-likeness (QED) is 0.705. The first-order valence-corrected chi connectivity index (χ1v) is 11.8. The molecule has 0 radical (unpaired) electrons. The van der Waals surface area contributed by atoms with Crippen molar-refractivity contribution in [3.63, 3.8) is 0 Å². The van der Waals surface area contributed by atoms with E-state index >= 15 is 0 Å². The predicted octanol–water partition coefficient (Wildman–Crippen LogP) is 2.09. The Bertz CT molecular complexity index is 924. The maximum absolute atomic E-state index is 12.3. The van der Waals surface area contributed by atoms with E-state index in [0.717, 1.165) is 23.5 Å². The van der Waals surface area contributed by atoms with E-state index in [0.29, 0.717) is 18.0 Å². The van der Waals surface area contributed by atoms with Crippen molar-refractivity contribution in [1.29, 1.82) is 0 Å². The van der Waals surface area contributed by atoms with Crippen LogP contribution in [0.4, 0.5) is 5.69 Å². The Morgan fingerprint density at radius 1 is 1.33 bits per heavy atom. The summed E-state index contributed by atoms with van der Waals surface area (Å²) in [6, 6.07) is 7.76. The molecule has 0 aliphatic carbocycles. The summed E-state index contributed by atoms with van der Waals surface area (Å²) >= 11 is 1.33. The highest BCUT2D eigenvalue weighted by molar-refractivity contribution is 7.99. The molecule has 2 aromatic rings. The van der Waals surface area contributed by atoms with Crippen LogP contribution >= 0.6 is 11.8 Å². The van der Waals surface area contributed by atoms with Gasteiger partial charge in [-0.25, -0.2) is 8.42 Å². The number of benzene rings is 1. The molecule has 1 atom stereocenters. The van der Waals surface area contributed by atoms with Crippen LogP contribution in [0.2, 0.25) is 0 Å². The van der Waals surface area contributed by atoms with E-state index in [1.54, 1.807) is 0 Å². The predicted molar refractivity (Wildman–Crippen MR) is 107 cm³/mol. The van der Waals surface area contributed by atoms with Crippen LogP contribution in [0, 0.1) is 5.92 Å². The third kappa shape index (κ3) is 5.10. The SMILES string of the molecule is CCc1ccccc1NC(=O)CSc1nnc(CC2CCS(=O)(=O)C2)n1C. The fourth-order valence-corrected chi connectivity index (χ4v) is 5.80. The van der Waals surface area contributed by atoms with Crippen LogP contribution in [0.5, 0.6) is 0 Å². The second-order valence-electron chi connectivity index (χ2n) is 6.78. The van der Waals surface area contributed by atoms with Crippen molar-refractivity contribution in [2.24, 2.45) is 13.0 Å². The molecular formula is C18H24N4O3S2. The Hall–Kier alpha value is -1.87. The number of aromatic nitrogens is 3. The molecule has 1 unspecified atom stereocenters. The third-order valence-corrected chi connectivity index (χ3v) is 7.59. The summed E-state index contributed by atoms with van der Waals surface area (Å²) in [4.78, 5) is 12.3. The number of para-hydroxylation sites is 1. The van der Waals surface area contributed by atoms with Crippen molar-refractivity contribution in [3.05, 3.63) is 35.7 Å². The molecule has 9 heteroatoms. The number of carbonyl (C=O) groups is 1. The first-order chi connectivity index (χ1) is 12.9. The standard InChI is InChI=1S/C18H24N4O3S2/c1-3-14-6-4-5-7-15(14)19-17(23)11-26-18-21-20-16(22(18)2)10-13-8-9-27(24,25)12-13/h4-7,13H,3,8-12H2,1-2H3,(H,19,23). The molecule has 1 N–H and O–H groups in total. The molecule has 1 aromatic heterocycles. The van der Waals surface area contributed by atoms with E-state index in [4.69, 9.17) is 0 Å². The Kier molecular flexibility index (Phi) is 6.21. The molecule has 1 aliphatic heterocycles. The first-order valence-electron chi connectivity index (χ1n) is 8.97. The minimum absolute atomic E-state index is 0.0904. The van der Waals surface area contributed by atoms with Crippen LogP contribution in [0.15, 0.2) is 29.4 Å². The van der Waals surface area contributed by atoms with E-state index in [1.165, 1.54) is 11.8 Å². The molecule has 2 heterocycles. The van der Waals surface area contributed by atoms with E-state index in [9.17, 15) is 13.2 Å². The van der Waals surface area contributed by atoms with Gasteiger partial charge in [0, 0.05) is 19.2 Å². The van der Waals surface area contributed by atoms with Crippen molar-refractivity contribution in [2.75, 3.05) is 22.6 Å². The highest BCUT2D eigenvalue weighted by Gasteiger charge is 2.29. The van der Waals surface area contributed by atoms with Gasteiger partial charge in [-0.05, 0) is 30.4 Å². The second-order valence-corrected chi connectivity index (χ2v) is 9.95. The highest BCUT2D eigenvalue weighted by atomic mass is 32.2. The number of carbonyl (C=O) groups excluding carboxylic acids is 1. The van der Waals surface area contributed by atoms with Crippen LogP contribution in [-0.2, 0) is 34.5 Å². The molecule has 7 nitrogen and oxygen atoms in total. The normalized spacial score (nSPS) is 18.5. The lowest BCUT2D eigenvalue weighted by atomic mass is 10.1. The van der Waals surface area contributed by atoms with E-state index in [1.807, 2.05) is 35.9 Å². The van der Waals surface area contributed by atoms with Crippen LogP contribution in [0.3, 0.4) is 0 Å². The summed E-state index contributed by atoms with van der Waals surface area (Å²) in [5.74, 6) is 1.49. The first kappa shape index (κ1) is 19.9. The Morgan fingerprint density at radius 2 is 2.11 bits per heavy atom. The number of sulfone groups is 1. The van der Waals surface area contributed by atoms with Crippen molar-refractivity contribution in [1.82, 2.24) is 14.8 Å². The van der Waals surface area contributed by atoms with Gasteiger partial charge >= 0.3 is 0 Å². The Morgan fingerprint density at radius 3 is 2.81 bits per heavy atom. The van der Waals surface area contributed by atoms with Crippen molar-refractivity contribution < 1.29 is 13.2 Å². The van der Waals surface area contributed by atoms with Crippen molar-refractivity contribution in [2.45, 2.75) is 31.3 Å². The molecule has 0 saturated carbocycles. The molecule has 1 saturated heterocycles. The van der Waals surface area contributed by atoms with Crippen molar-refractivity contribution in [3.8, 4) is 0 Å². The fourth-order valence-electron chi connectivity index (χ4n) is 3.21. The zero-order valence-corrected chi connectivity index (χ0v) is 17.1. The van der Waals surface area contributed by atoms with Crippen LogP contribution in [0.1, 0.15) is 24.7 Å². The highest BCUT2D eigenvalue weighted by Crippen LogP contribution is 2.24. The summed E-state index contributed by atoms with van der Waals surface area (Å²) in [5.41, 5.74) is 1.94. The number of thioether (sulfide) groups is 1. The lowest BCUT2D eigenvalue weighted by Gasteiger charge is -2.10. The summed E-state index contributed by atoms with van der Waals surface area (Å²) < 4.78 is 25.1. The monoisotopic (exact) mass is 408 g/mol. The smallest absolute Gasteiger partial charge is 0.234 e. The molecule has 0 spiro atoms. The number of amides is 1.